The van der Waals surface area contributed by atoms with Crippen LogP contribution in [0.15, 0.2) is 12.7 Å². The van der Waals surface area contributed by atoms with E-state index in [1.165, 1.54) is 0 Å². The summed E-state index contributed by atoms with van der Waals surface area (Å²) in [6.07, 6.45) is 4.30. The Morgan fingerprint density at radius 2 is 1.35 bits per heavy atom. The smallest absolute Gasteiger partial charge is 0.330 e. The zero-order valence-electron chi connectivity index (χ0n) is 15.2. The Morgan fingerprint density at radius 3 is 1.88 bits per heavy atom. The zero-order valence-corrected chi connectivity index (χ0v) is 15.2. The SMILES string of the molecule is C=CC(=O)OCC(COC(=O)CCCCCO)OC(=O)CCCCCO. The maximum atomic E-state index is 11.8. The molecule has 0 saturated carbocycles. The molecule has 8 nitrogen and oxygen atoms in total. The van der Waals surface area contributed by atoms with Crippen LogP contribution in [0.4, 0.5) is 0 Å². The van der Waals surface area contributed by atoms with Crippen molar-refractivity contribution in [2.45, 2.75) is 57.5 Å². The number of ether oxygens (including phenoxy) is 3. The van der Waals surface area contributed by atoms with E-state index in [0.717, 1.165) is 12.5 Å². The molecule has 0 radical (unpaired) electrons. The second-order valence-corrected chi connectivity index (χ2v) is 5.70. The summed E-state index contributed by atoms with van der Waals surface area (Å²) < 4.78 is 15.1. The van der Waals surface area contributed by atoms with E-state index in [-0.39, 0.29) is 39.3 Å². The van der Waals surface area contributed by atoms with Crippen LogP contribution >= 0.6 is 0 Å². The van der Waals surface area contributed by atoms with Gasteiger partial charge < -0.3 is 24.4 Å². The minimum absolute atomic E-state index is 0.0729. The van der Waals surface area contributed by atoms with Crippen molar-refractivity contribution in [2.24, 2.45) is 0 Å². The average Bonchev–Trinajstić information content (AvgIpc) is 2.64. The first kappa shape index (κ1) is 24.1. The predicted molar refractivity (Wildman–Crippen MR) is 93.1 cm³/mol. The molecule has 0 aromatic rings. The molecular formula is C18H30O8. The number of unbranched alkanes of at least 4 members (excludes halogenated alkanes) is 4. The highest BCUT2D eigenvalue weighted by molar-refractivity contribution is 5.81. The Bertz CT molecular complexity index is 421. The Morgan fingerprint density at radius 1 is 0.808 bits per heavy atom. The van der Waals surface area contributed by atoms with E-state index < -0.39 is 24.0 Å². The van der Waals surface area contributed by atoms with Crippen molar-refractivity contribution in [1.82, 2.24) is 0 Å². The van der Waals surface area contributed by atoms with E-state index in [1.54, 1.807) is 0 Å². The molecule has 0 amide bonds. The molecule has 0 aliphatic rings. The molecule has 0 aliphatic carbocycles. The van der Waals surface area contributed by atoms with Gasteiger partial charge in [-0.1, -0.05) is 19.4 Å². The van der Waals surface area contributed by atoms with E-state index in [2.05, 4.69) is 6.58 Å². The van der Waals surface area contributed by atoms with Crippen LogP contribution in [0.1, 0.15) is 51.4 Å². The van der Waals surface area contributed by atoms with Crippen LogP contribution in [0, 0.1) is 0 Å². The fourth-order valence-electron chi connectivity index (χ4n) is 1.97. The lowest BCUT2D eigenvalue weighted by atomic mass is 10.2. The summed E-state index contributed by atoms with van der Waals surface area (Å²) in [5.41, 5.74) is 0. The number of rotatable bonds is 16. The molecular weight excluding hydrogens is 344 g/mol. The van der Waals surface area contributed by atoms with Crippen LogP contribution < -0.4 is 0 Å². The Balaban J connectivity index is 4.27. The van der Waals surface area contributed by atoms with Gasteiger partial charge in [0.1, 0.15) is 13.2 Å². The Hall–Kier alpha value is -1.93. The third-order valence-corrected chi connectivity index (χ3v) is 3.38. The van der Waals surface area contributed by atoms with Crippen molar-refractivity contribution in [3.8, 4) is 0 Å². The summed E-state index contributed by atoms with van der Waals surface area (Å²) in [6.45, 7) is 3.00. The summed E-state index contributed by atoms with van der Waals surface area (Å²) >= 11 is 0. The minimum Gasteiger partial charge on any atom is -0.462 e. The second-order valence-electron chi connectivity index (χ2n) is 5.70. The standard InChI is InChI=1S/C18H30O8/c1-2-16(21)24-13-15(26-18(23)10-6-4-8-12-20)14-25-17(22)9-5-3-7-11-19/h2,15,19-20H,1,3-14H2. The summed E-state index contributed by atoms with van der Waals surface area (Å²) in [4.78, 5) is 34.6. The van der Waals surface area contributed by atoms with Crippen molar-refractivity contribution in [3.05, 3.63) is 12.7 Å². The van der Waals surface area contributed by atoms with Crippen molar-refractivity contribution in [2.75, 3.05) is 26.4 Å². The number of carbonyl (C=O) groups excluding carboxylic acids is 3. The Kier molecular flexibility index (Phi) is 15.3. The first-order chi connectivity index (χ1) is 12.5. The van der Waals surface area contributed by atoms with Gasteiger partial charge in [-0.2, -0.15) is 0 Å². The third kappa shape index (κ3) is 14.4. The van der Waals surface area contributed by atoms with Crippen LogP contribution in [0.2, 0.25) is 0 Å². The number of aliphatic hydroxyl groups excluding tert-OH is 2. The van der Waals surface area contributed by atoms with E-state index in [4.69, 9.17) is 24.4 Å². The number of esters is 3. The highest BCUT2D eigenvalue weighted by atomic mass is 16.6. The summed E-state index contributed by atoms with van der Waals surface area (Å²) in [5, 5.41) is 17.4. The Labute approximate surface area is 154 Å². The lowest BCUT2D eigenvalue weighted by Crippen LogP contribution is -2.30. The largest absolute Gasteiger partial charge is 0.462 e. The molecule has 0 aromatic carbocycles. The quantitative estimate of drug-likeness (QED) is 0.179. The maximum absolute atomic E-state index is 11.8. The fourth-order valence-corrected chi connectivity index (χ4v) is 1.97. The first-order valence-corrected chi connectivity index (χ1v) is 8.89. The third-order valence-electron chi connectivity index (χ3n) is 3.38. The van der Waals surface area contributed by atoms with Crippen LogP contribution in [-0.4, -0.2) is 60.7 Å². The summed E-state index contributed by atoms with van der Waals surface area (Å²) in [7, 11) is 0. The topological polar surface area (TPSA) is 119 Å². The van der Waals surface area contributed by atoms with Crippen LogP contribution in [0.5, 0.6) is 0 Å². The van der Waals surface area contributed by atoms with Gasteiger partial charge in [0.25, 0.3) is 0 Å². The number of carbonyl (C=O) groups is 3. The average molecular weight is 374 g/mol. The normalized spacial score (nSPS) is 11.5. The first-order valence-electron chi connectivity index (χ1n) is 8.89. The maximum Gasteiger partial charge on any atom is 0.330 e. The van der Waals surface area contributed by atoms with Gasteiger partial charge in [-0.05, 0) is 25.7 Å². The van der Waals surface area contributed by atoms with Gasteiger partial charge in [-0.3, -0.25) is 9.59 Å². The van der Waals surface area contributed by atoms with Crippen LogP contribution in [0.3, 0.4) is 0 Å². The lowest BCUT2D eigenvalue weighted by Gasteiger charge is -2.17. The van der Waals surface area contributed by atoms with Gasteiger partial charge in [0.05, 0.1) is 0 Å². The number of aliphatic hydroxyl groups is 2. The molecule has 0 fully saturated rings. The van der Waals surface area contributed by atoms with Crippen molar-refractivity contribution < 1.29 is 38.8 Å². The van der Waals surface area contributed by atoms with Crippen molar-refractivity contribution >= 4 is 17.9 Å². The molecule has 150 valence electrons. The van der Waals surface area contributed by atoms with Gasteiger partial charge in [0.2, 0.25) is 0 Å². The fraction of sp³-hybridized carbons (Fsp3) is 0.722. The predicted octanol–water partition coefficient (Wildman–Crippen LogP) is 1.28. The van der Waals surface area contributed by atoms with Gasteiger partial charge in [0, 0.05) is 32.1 Å². The van der Waals surface area contributed by atoms with Gasteiger partial charge in [-0.15, -0.1) is 0 Å². The molecule has 0 aromatic heterocycles. The minimum atomic E-state index is -0.884. The molecule has 0 aliphatic heterocycles. The van der Waals surface area contributed by atoms with E-state index in [1.807, 2.05) is 0 Å². The summed E-state index contributed by atoms with van der Waals surface area (Å²) in [6, 6.07) is 0. The van der Waals surface area contributed by atoms with E-state index in [0.29, 0.717) is 32.1 Å². The van der Waals surface area contributed by atoms with E-state index in [9.17, 15) is 14.4 Å². The van der Waals surface area contributed by atoms with Gasteiger partial charge in [-0.25, -0.2) is 4.79 Å². The molecule has 8 heteroatoms. The van der Waals surface area contributed by atoms with Crippen molar-refractivity contribution in [1.29, 1.82) is 0 Å². The molecule has 26 heavy (non-hydrogen) atoms. The monoisotopic (exact) mass is 374 g/mol. The second kappa shape index (κ2) is 16.5. The molecule has 0 heterocycles. The molecule has 0 saturated heterocycles. The van der Waals surface area contributed by atoms with Crippen LogP contribution in [0.25, 0.3) is 0 Å². The molecule has 1 unspecified atom stereocenters. The number of hydrogen-bond donors (Lipinski definition) is 2. The van der Waals surface area contributed by atoms with Crippen LogP contribution in [-0.2, 0) is 28.6 Å². The lowest BCUT2D eigenvalue weighted by molar-refractivity contribution is -0.165. The van der Waals surface area contributed by atoms with Gasteiger partial charge in [0.15, 0.2) is 6.10 Å². The molecule has 0 bridgehead atoms. The van der Waals surface area contributed by atoms with Crippen molar-refractivity contribution in [3.63, 3.8) is 0 Å². The van der Waals surface area contributed by atoms with E-state index >= 15 is 0 Å². The molecule has 0 rings (SSSR count). The number of hydrogen-bond acceptors (Lipinski definition) is 8. The molecule has 1 atom stereocenters. The molecule has 0 spiro atoms. The highest BCUT2D eigenvalue weighted by Gasteiger charge is 2.18. The summed E-state index contributed by atoms with van der Waals surface area (Å²) in [5.74, 6) is -1.59. The molecule has 2 N–H and O–H groups in total. The zero-order chi connectivity index (χ0) is 19.6. The van der Waals surface area contributed by atoms with Gasteiger partial charge >= 0.3 is 17.9 Å². The highest BCUT2D eigenvalue weighted by Crippen LogP contribution is 2.06.